The first kappa shape index (κ1) is 27.7. The molecule has 0 aliphatic carbocycles. The number of rotatable bonds is 20. The molecule has 0 rings (SSSR count). The summed E-state index contributed by atoms with van der Waals surface area (Å²) in [5.41, 5.74) is -0.468. The lowest BCUT2D eigenvalue weighted by atomic mass is 9.85. The van der Waals surface area contributed by atoms with Crippen LogP contribution in [-0.4, -0.2) is 75.6 Å². The van der Waals surface area contributed by atoms with Crippen LogP contribution < -0.4 is 0 Å². The summed E-state index contributed by atoms with van der Waals surface area (Å²) in [4.78, 5) is 11.8. The van der Waals surface area contributed by atoms with E-state index in [1.54, 1.807) is 0 Å². The van der Waals surface area contributed by atoms with Crippen molar-refractivity contribution in [3.63, 3.8) is 0 Å². The van der Waals surface area contributed by atoms with Crippen LogP contribution >= 0.6 is 50.5 Å². The highest BCUT2D eigenvalue weighted by Gasteiger charge is 2.33. The van der Waals surface area contributed by atoms with Gasteiger partial charge in [-0.25, -0.2) is 0 Å². The molecule has 0 fully saturated rings. The topological polar surface area (TPSA) is 63.2 Å². The summed E-state index contributed by atoms with van der Waals surface area (Å²) >= 11 is 16.5. The van der Waals surface area contributed by atoms with Gasteiger partial charge in [0.05, 0.1) is 38.3 Å². The van der Waals surface area contributed by atoms with E-state index in [2.05, 4.69) is 50.5 Å². The molecule has 0 N–H and O–H groups in total. The number of thiol groups is 4. The number of unbranched alkanes of at least 4 members (excludes halogenated alkanes) is 1. The molecule has 0 amide bonds. The summed E-state index contributed by atoms with van der Waals surface area (Å²) < 4.78 is 27.5. The third kappa shape index (κ3) is 16.2. The minimum absolute atomic E-state index is 0.162. The Labute approximate surface area is 185 Å². The molecule has 0 heterocycles. The zero-order chi connectivity index (χ0) is 20.2. The first-order valence-corrected chi connectivity index (χ1v) is 11.6. The summed E-state index contributed by atoms with van der Waals surface area (Å²) in [7, 11) is 0. The van der Waals surface area contributed by atoms with Crippen molar-refractivity contribution >= 4 is 56.5 Å². The molecule has 0 spiro atoms. The molecule has 0 aliphatic rings. The SMILES string of the molecule is O=C(CCS)OCC(CCCCS)(COCOCCS)COCOCCS. The van der Waals surface area contributed by atoms with Gasteiger partial charge in [0.15, 0.2) is 0 Å². The Morgan fingerprint density at radius 2 is 1.30 bits per heavy atom. The van der Waals surface area contributed by atoms with Gasteiger partial charge in [0.1, 0.15) is 20.2 Å². The van der Waals surface area contributed by atoms with Crippen LogP contribution in [0.2, 0.25) is 0 Å². The maximum absolute atomic E-state index is 11.8. The van der Waals surface area contributed by atoms with Crippen LogP contribution in [0.25, 0.3) is 0 Å². The minimum Gasteiger partial charge on any atom is -0.465 e. The second-order valence-corrected chi connectivity index (χ2v) is 7.80. The summed E-state index contributed by atoms with van der Waals surface area (Å²) in [5, 5.41) is 0. The van der Waals surface area contributed by atoms with E-state index in [-0.39, 0.29) is 32.6 Å². The standard InChI is InChI=1S/C17H34O6S4/c18-16(3-8-25)23-13-17(4-1-2-7-24,11-21-14-19-5-9-26)12-22-15-20-6-10-27/h24-27H,1-15H2. The van der Waals surface area contributed by atoms with Crippen LogP contribution in [0.15, 0.2) is 0 Å². The fourth-order valence-electron chi connectivity index (χ4n) is 2.23. The average Bonchev–Trinajstić information content (AvgIpc) is 2.66. The van der Waals surface area contributed by atoms with Gasteiger partial charge < -0.3 is 23.7 Å². The first-order valence-electron chi connectivity index (χ1n) is 9.04. The van der Waals surface area contributed by atoms with Gasteiger partial charge in [-0.1, -0.05) is 6.42 Å². The minimum atomic E-state index is -0.468. The quantitative estimate of drug-likeness (QED) is 0.0966. The van der Waals surface area contributed by atoms with E-state index in [0.717, 1.165) is 25.0 Å². The Balaban J connectivity index is 4.78. The van der Waals surface area contributed by atoms with Gasteiger partial charge in [-0.3, -0.25) is 4.79 Å². The normalized spacial score (nSPS) is 11.7. The van der Waals surface area contributed by atoms with E-state index < -0.39 is 5.41 Å². The van der Waals surface area contributed by atoms with Crippen molar-refractivity contribution in [2.45, 2.75) is 25.7 Å². The maximum atomic E-state index is 11.8. The van der Waals surface area contributed by atoms with E-state index in [4.69, 9.17) is 23.7 Å². The highest BCUT2D eigenvalue weighted by Crippen LogP contribution is 2.27. The maximum Gasteiger partial charge on any atom is 0.306 e. The molecular formula is C17H34O6S4. The summed E-state index contributed by atoms with van der Waals surface area (Å²) in [5.74, 6) is 2.23. The van der Waals surface area contributed by atoms with Gasteiger partial charge in [0.2, 0.25) is 0 Å². The number of esters is 1. The van der Waals surface area contributed by atoms with Crippen molar-refractivity contribution < 1.29 is 28.5 Å². The molecule has 0 aromatic heterocycles. The predicted molar refractivity (Wildman–Crippen MR) is 121 cm³/mol. The number of ether oxygens (including phenoxy) is 5. The third-order valence-corrected chi connectivity index (χ3v) is 4.50. The predicted octanol–water partition coefficient (Wildman–Crippen LogP) is 2.78. The second-order valence-electron chi connectivity index (χ2n) is 6.01. The Morgan fingerprint density at radius 1 is 0.704 bits per heavy atom. The molecule has 0 saturated carbocycles. The number of hydrogen-bond donors (Lipinski definition) is 4. The molecule has 0 bridgehead atoms. The highest BCUT2D eigenvalue weighted by molar-refractivity contribution is 7.80. The van der Waals surface area contributed by atoms with Crippen LogP contribution in [0.1, 0.15) is 25.7 Å². The van der Waals surface area contributed by atoms with Crippen molar-refractivity contribution in [3.05, 3.63) is 0 Å². The highest BCUT2D eigenvalue weighted by atomic mass is 32.1. The van der Waals surface area contributed by atoms with E-state index in [9.17, 15) is 4.79 Å². The fraction of sp³-hybridized carbons (Fsp3) is 0.941. The molecule has 0 aromatic carbocycles. The Bertz CT molecular complexity index is 335. The van der Waals surface area contributed by atoms with E-state index in [1.165, 1.54) is 0 Å². The molecule has 0 unspecified atom stereocenters. The number of carbonyl (C=O) groups is 1. The van der Waals surface area contributed by atoms with Crippen molar-refractivity contribution in [1.82, 2.24) is 0 Å². The summed E-state index contributed by atoms with van der Waals surface area (Å²) in [6.07, 6.45) is 2.94. The molecule has 10 heteroatoms. The number of carbonyl (C=O) groups excluding carboxylic acids is 1. The van der Waals surface area contributed by atoms with Gasteiger partial charge in [0, 0.05) is 17.3 Å². The molecule has 0 atom stereocenters. The van der Waals surface area contributed by atoms with Gasteiger partial charge in [-0.15, -0.1) is 0 Å². The van der Waals surface area contributed by atoms with Crippen LogP contribution in [0.5, 0.6) is 0 Å². The third-order valence-electron chi connectivity index (χ3n) is 3.59. The van der Waals surface area contributed by atoms with Crippen molar-refractivity contribution in [2.75, 3.05) is 69.6 Å². The zero-order valence-corrected chi connectivity index (χ0v) is 19.4. The smallest absolute Gasteiger partial charge is 0.306 e. The lowest BCUT2D eigenvalue weighted by Crippen LogP contribution is -2.39. The van der Waals surface area contributed by atoms with Crippen LogP contribution in [-0.2, 0) is 28.5 Å². The Morgan fingerprint density at radius 3 is 1.78 bits per heavy atom. The van der Waals surface area contributed by atoms with Gasteiger partial charge in [-0.2, -0.15) is 50.5 Å². The van der Waals surface area contributed by atoms with Crippen molar-refractivity contribution in [3.8, 4) is 0 Å². The molecule has 0 aromatic rings. The fourth-order valence-corrected chi connectivity index (χ4v) is 2.90. The van der Waals surface area contributed by atoms with Crippen molar-refractivity contribution in [2.24, 2.45) is 5.41 Å². The van der Waals surface area contributed by atoms with Gasteiger partial charge in [0.25, 0.3) is 0 Å². The summed E-state index contributed by atoms with van der Waals surface area (Å²) in [6.45, 7) is 2.28. The van der Waals surface area contributed by atoms with Gasteiger partial charge >= 0.3 is 5.97 Å². The van der Waals surface area contributed by atoms with Crippen LogP contribution in [0.3, 0.4) is 0 Å². The molecule has 0 aliphatic heterocycles. The Hall–Kier alpha value is 0.710. The van der Waals surface area contributed by atoms with E-state index >= 15 is 0 Å². The lowest BCUT2D eigenvalue weighted by molar-refractivity contribution is -0.160. The summed E-state index contributed by atoms with van der Waals surface area (Å²) in [6, 6.07) is 0. The van der Waals surface area contributed by atoms with Gasteiger partial charge in [-0.05, 0) is 18.6 Å². The van der Waals surface area contributed by atoms with Crippen LogP contribution in [0, 0.1) is 5.41 Å². The van der Waals surface area contributed by atoms with E-state index in [0.29, 0.717) is 43.7 Å². The molecule has 0 radical (unpaired) electrons. The molecule has 162 valence electrons. The lowest BCUT2D eigenvalue weighted by Gasteiger charge is -2.33. The Kier molecular flexibility index (Phi) is 20.5. The molecule has 27 heavy (non-hydrogen) atoms. The second kappa shape index (κ2) is 20.0. The average molecular weight is 463 g/mol. The molecular weight excluding hydrogens is 428 g/mol. The van der Waals surface area contributed by atoms with E-state index in [1.807, 2.05) is 0 Å². The van der Waals surface area contributed by atoms with Crippen molar-refractivity contribution in [1.29, 1.82) is 0 Å². The molecule has 0 saturated heterocycles. The first-order chi connectivity index (χ1) is 13.1. The molecule has 6 nitrogen and oxygen atoms in total. The van der Waals surface area contributed by atoms with Crippen LogP contribution in [0.4, 0.5) is 0 Å². The number of hydrogen-bond acceptors (Lipinski definition) is 10. The monoisotopic (exact) mass is 462 g/mol. The zero-order valence-electron chi connectivity index (χ0n) is 15.8. The largest absolute Gasteiger partial charge is 0.465 e.